The van der Waals surface area contributed by atoms with E-state index in [1.807, 2.05) is 31.2 Å². The zero-order chi connectivity index (χ0) is 15.9. The van der Waals surface area contributed by atoms with Crippen molar-refractivity contribution < 1.29 is 9.59 Å². The highest BCUT2D eigenvalue weighted by Gasteiger charge is 2.12. The molecule has 0 bridgehead atoms. The molecule has 2 rings (SSSR count). The molecule has 0 unspecified atom stereocenters. The highest BCUT2D eigenvalue weighted by Crippen LogP contribution is 2.14. The second-order valence-electron chi connectivity index (χ2n) is 4.70. The van der Waals surface area contributed by atoms with Crippen LogP contribution in [0.25, 0.3) is 0 Å². The standard InChI is InChI=1S/C17H17N3O2/c1-3-9-19-16(21)13-8-10-18-15(11-13)17(22)20-14-7-5-4-6-12(14)2/h3-8,10-11H,1,9H2,2H3,(H,19,21)(H,20,22). The minimum absolute atomic E-state index is 0.189. The molecule has 0 saturated heterocycles. The molecule has 0 aliphatic carbocycles. The summed E-state index contributed by atoms with van der Waals surface area (Å²) in [5.74, 6) is -0.625. The van der Waals surface area contributed by atoms with Crippen molar-refractivity contribution in [3.8, 4) is 0 Å². The molecule has 0 aliphatic rings. The van der Waals surface area contributed by atoms with Gasteiger partial charge in [-0.1, -0.05) is 24.3 Å². The molecule has 1 heterocycles. The Labute approximate surface area is 129 Å². The van der Waals surface area contributed by atoms with Crippen LogP contribution in [0, 0.1) is 6.92 Å². The number of nitrogens with one attached hydrogen (secondary N) is 2. The Hall–Kier alpha value is -2.95. The fraction of sp³-hybridized carbons (Fsp3) is 0.118. The monoisotopic (exact) mass is 295 g/mol. The van der Waals surface area contributed by atoms with Crippen molar-refractivity contribution in [3.05, 3.63) is 72.1 Å². The normalized spacial score (nSPS) is 9.86. The van der Waals surface area contributed by atoms with E-state index in [4.69, 9.17) is 0 Å². The smallest absolute Gasteiger partial charge is 0.274 e. The van der Waals surface area contributed by atoms with Gasteiger partial charge in [0.2, 0.25) is 0 Å². The maximum absolute atomic E-state index is 12.2. The molecule has 22 heavy (non-hydrogen) atoms. The van der Waals surface area contributed by atoms with Gasteiger partial charge < -0.3 is 10.6 Å². The molecule has 0 atom stereocenters. The van der Waals surface area contributed by atoms with Crippen molar-refractivity contribution in [3.63, 3.8) is 0 Å². The lowest BCUT2D eigenvalue weighted by Gasteiger charge is -2.08. The van der Waals surface area contributed by atoms with Crippen molar-refractivity contribution >= 4 is 17.5 Å². The Kier molecular flexibility index (Phi) is 5.03. The van der Waals surface area contributed by atoms with Gasteiger partial charge in [-0.25, -0.2) is 0 Å². The minimum atomic E-state index is -0.354. The minimum Gasteiger partial charge on any atom is -0.349 e. The molecule has 0 radical (unpaired) electrons. The Bertz CT molecular complexity index is 711. The van der Waals surface area contributed by atoms with Crippen LogP contribution in [0.4, 0.5) is 5.69 Å². The van der Waals surface area contributed by atoms with Crippen LogP contribution in [0.2, 0.25) is 0 Å². The summed E-state index contributed by atoms with van der Waals surface area (Å²) in [7, 11) is 0. The average Bonchev–Trinajstić information content (AvgIpc) is 2.54. The molecule has 0 fully saturated rings. The Morgan fingerprint density at radius 3 is 2.73 bits per heavy atom. The van der Waals surface area contributed by atoms with Crippen LogP contribution < -0.4 is 10.6 Å². The summed E-state index contributed by atoms with van der Waals surface area (Å²) >= 11 is 0. The van der Waals surface area contributed by atoms with E-state index in [0.29, 0.717) is 12.1 Å². The first-order valence-corrected chi connectivity index (χ1v) is 6.84. The van der Waals surface area contributed by atoms with Gasteiger partial charge in [0, 0.05) is 24.0 Å². The van der Waals surface area contributed by atoms with Crippen molar-refractivity contribution in [2.24, 2.45) is 0 Å². The number of anilines is 1. The number of hydrogen-bond acceptors (Lipinski definition) is 3. The fourth-order valence-corrected chi connectivity index (χ4v) is 1.86. The number of pyridine rings is 1. The fourth-order valence-electron chi connectivity index (χ4n) is 1.86. The molecule has 0 spiro atoms. The molecule has 2 N–H and O–H groups in total. The van der Waals surface area contributed by atoms with Gasteiger partial charge in [0.15, 0.2) is 0 Å². The van der Waals surface area contributed by atoms with E-state index in [-0.39, 0.29) is 17.5 Å². The van der Waals surface area contributed by atoms with E-state index in [0.717, 1.165) is 11.3 Å². The van der Waals surface area contributed by atoms with Gasteiger partial charge >= 0.3 is 0 Å². The quantitative estimate of drug-likeness (QED) is 0.833. The number of amides is 2. The first-order chi connectivity index (χ1) is 10.6. The lowest BCUT2D eigenvalue weighted by Crippen LogP contribution is -2.24. The first kappa shape index (κ1) is 15.4. The van der Waals surface area contributed by atoms with Crippen molar-refractivity contribution in [1.29, 1.82) is 0 Å². The number of rotatable bonds is 5. The lowest BCUT2D eigenvalue weighted by atomic mass is 10.2. The molecular formula is C17H17N3O2. The third kappa shape index (κ3) is 3.79. The SMILES string of the molecule is C=CCNC(=O)c1ccnc(C(=O)Nc2ccccc2C)c1. The maximum Gasteiger partial charge on any atom is 0.274 e. The third-order valence-electron chi connectivity index (χ3n) is 3.05. The van der Waals surface area contributed by atoms with Gasteiger partial charge in [0.25, 0.3) is 11.8 Å². The van der Waals surface area contributed by atoms with Crippen LogP contribution in [-0.2, 0) is 0 Å². The first-order valence-electron chi connectivity index (χ1n) is 6.84. The molecule has 2 amide bonds. The molecule has 0 aliphatic heterocycles. The number of aryl methyl sites for hydroxylation is 1. The van der Waals surface area contributed by atoms with Crippen molar-refractivity contribution in [2.45, 2.75) is 6.92 Å². The summed E-state index contributed by atoms with van der Waals surface area (Å²) in [4.78, 5) is 28.1. The third-order valence-corrected chi connectivity index (χ3v) is 3.05. The van der Waals surface area contributed by atoms with Crippen LogP contribution in [0.1, 0.15) is 26.4 Å². The Morgan fingerprint density at radius 2 is 2.00 bits per heavy atom. The van der Waals surface area contributed by atoms with Gasteiger partial charge in [0.05, 0.1) is 0 Å². The molecule has 0 saturated carbocycles. The summed E-state index contributed by atoms with van der Waals surface area (Å²) in [5, 5.41) is 5.44. The molecule has 112 valence electrons. The number of benzene rings is 1. The largest absolute Gasteiger partial charge is 0.349 e. The Morgan fingerprint density at radius 1 is 1.23 bits per heavy atom. The summed E-state index contributed by atoms with van der Waals surface area (Å²) in [6, 6.07) is 10.5. The van der Waals surface area contributed by atoms with Crippen LogP contribution in [0.3, 0.4) is 0 Å². The van der Waals surface area contributed by atoms with Crippen LogP contribution in [0.15, 0.2) is 55.3 Å². The van der Waals surface area contributed by atoms with E-state index in [1.165, 1.54) is 12.3 Å². The number of carbonyl (C=O) groups is 2. The number of hydrogen-bond donors (Lipinski definition) is 2. The van der Waals surface area contributed by atoms with Gasteiger partial charge in [-0.15, -0.1) is 6.58 Å². The number of carbonyl (C=O) groups excluding carboxylic acids is 2. The van der Waals surface area contributed by atoms with E-state index >= 15 is 0 Å². The average molecular weight is 295 g/mol. The summed E-state index contributed by atoms with van der Waals surface area (Å²) < 4.78 is 0. The molecule has 1 aromatic heterocycles. The van der Waals surface area contributed by atoms with E-state index < -0.39 is 0 Å². The highest BCUT2D eigenvalue weighted by molar-refractivity contribution is 6.05. The van der Waals surface area contributed by atoms with Gasteiger partial charge in [-0.05, 0) is 30.7 Å². The van der Waals surface area contributed by atoms with E-state index in [1.54, 1.807) is 12.1 Å². The Balaban J connectivity index is 2.15. The van der Waals surface area contributed by atoms with Crippen molar-refractivity contribution in [2.75, 3.05) is 11.9 Å². The highest BCUT2D eigenvalue weighted by atomic mass is 16.2. The van der Waals surface area contributed by atoms with Crippen LogP contribution in [-0.4, -0.2) is 23.3 Å². The van der Waals surface area contributed by atoms with E-state index in [2.05, 4.69) is 22.2 Å². The molecule has 2 aromatic rings. The van der Waals surface area contributed by atoms with E-state index in [9.17, 15) is 9.59 Å². The predicted molar refractivity (Wildman–Crippen MR) is 85.9 cm³/mol. The second-order valence-corrected chi connectivity index (χ2v) is 4.70. The summed E-state index contributed by atoms with van der Waals surface area (Å²) in [6.07, 6.45) is 3.03. The number of nitrogens with zero attached hydrogens (tertiary/aromatic N) is 1. The topological polar surface area (TPSA) is 71.1 Å². The molecule has 1 aromatic carbocycles. The maximum atomic E-state index is 12.2. The molecule has 5 heteroatoms. The van der Waals surface area contributed by atoms with Gasteiger partial charge in [0.1, 0.15) is 5.69 Å². The van der Waals surface area contributed by atoms with Crippen LogP contribution in [0.5, 0.6) is 0 Å². The lowest BCUT2D eigenvalue weighted by molar-refractivity contribution is 0.0958. The zero-order valence-corrected chi connectivity index (χ0v) is 12.3. The van der Waals surface area contributed by atoms with Gasteiger partial charge in [-0.2, -0.15) is 0 Å². The van der Waals surface area contributed by atoms with Gasteiger partial charge in [-0.3, -0.25) is 14.6 Å². The van der Waals surface area contributed by atoms with Crippen LogP contribution >= 0.6 is 0 Å². The summed E-state index contributed by atoms with van der Waals surface area (Å²) in [6.45, 7) is 5.81. The second kappa shape index (κ2) is 7.17. The molecular weight excluding hydrogens is 278 g/mol. The number of aromatic nitrogens is 1. The summed E-state index contributed by atoms with van der Waals surface area (Å²) in [5.41, 5.74) is 2.24. The van der Waals surface area contributed by atoms with Crippen molar-refractivity contribution in [1.82, 2.24) is 10.3 Å². The zero-order valence-electron chi connectivity index (χ0n) is 12.3. The number of para-hydroxylation sites is 1. The predicted octanol–water partition coefficient (Wildman–Crippen LogP) is 2.56. The molecule has 5 nitrogen and oxygen atoms in total.